The maximum atomic E-state index is 12.7. The van der Waals surface area contributed by atoms with Crippen molar-refractivity contribution in [2.24, 2.45) is 0 Å². The van der Waals surface area contributed by atoms with Crippen molar-refractivity contribution >= 4 is 17.5 Å². The Labute approximate surface area is 157 Å². The molecule has 2 N–H and O–H groups in total. The zero-order valence-corrected chi connectivity index (χ0v) is 15.1. The highest BCUT2D eigenvalue weighted by molar-refractivity contribution is 6.06. The first-order chi connectivity index (χ1) is 13.0. The average Bonchev–Trinajstić information content (AvgIpc) is 2.99. The zero-order valence-electron chi connectivity index (χ0n) is 15.1. The van der Waals surface area contributed by atoms with Gasteiger partial charge in [0.2, 0.25) is 5.91 Å². The van der Waals surface area contributed by atoms with Gasteiger partial charge in [-0.25, -0.2) is 0 Å². The lowest BCUT2D eigenvalue weighted by atomic mass is 9.73. The van der Waals surface area contributed by atoms with Crippen LogP contribution in [0.2, 0.25) is 0 Å². The van der Waals surface area contributed by atoms with Gasteiger partial charge in [0.25, 0.3) is 5.91 Å². The molecule has 0 saturated carbocycles. The van der Waals surface area contributed by atoms with E-state index in [1.165, 1.54) is 0 Å². The third kappa shape index (κ3) is 2.86. The molecule has 2 aliphatic heterocycles. The number of piperidine rings is 1. The van der Waals surface area contributed by atoms with Gasteiger partial charge in [0.1, 0.15) is 5.75 Å². The molecule has 140 valence electrons. The number of carbonyl (C=O) groups excluding carboxylic acids is 2. The van der Waals surface area contributed by atoms with Gasteiger partial charge < -0.3 is 20.1 Å². The molecule has 1 fully saturated rings. The number of fused-ring (bicyclic) bond motifs is 2. The number of rotatable bonds is 3. The summed E-state index contributed by atoms with van der Waals surface area (Å²) in [4.78, 5) is 27.0. The van der Waals surface area contributed by atoms with Crippen molar-refractivity contribution in [2.45, 2.75) is 24.4 Å². The van der Waals surface area contributed by atoms with Crippen molar-refractivity contribution in [1.29, 1.82) is 0 Å². The Kier molecular flexibility index (Phi) is 4.36. The van der Waals surface area contributed by atoms with Crippen molar-refractivity contribution in [1.82, 2.24) is 4.90 Å². The van der Waals surface area contributed by atoms with Crippen molar-refractivity contribution in [2.75, 3.05) is 25.5 Å². The number of nitrogens with one attached hydrogen (secondary N) is 1. The first kappa shape index (κ1) is 17.5. The fraction of sp³-hybridized carbons (Fsp3) is 0.333. The summed E-state index contributed by atoms with van der Waals surface area (Å²) in [6.45, 7) is 0.877. The van der Waals surface area contributed by atoms with Crippen LogP contribution in [-0.4, -0.2) is 42.0 Å². The minimum absolute atomic E-state index is 0.00602. The van der Waals surface area contributed by atoms with E-state index in [0.717, 1.165) is 11.3 Å². The van der Waals surface area contributed by atoms with Gasteiger partial charge in [0, 0.05) is 18.8 Å². The van der Waals surface area contributed by atoms with E-state index in [1.807, 2.05) is 24.3 Å². The van der Waals surface area contributed by atoms with Crippen molar-refractivity contribution in [3.05, 3.63) is 59.7 Å². The molecule has 27 heavy (non-hydrogen) atoms. The first-order valence-corrected chi connectivity index (χ1v) is 9.07. The van der Waals surface area contributed by atoms with Gasteiger partial charge in [-0.1, -0.05) is 30.3 Å². The molecule has 1 unspecified atom stereocenters. The third-order valence-corrected chi connectivity index (χ3v) is 5.72. The molecular formula is C21H22N2O4. The van der Waals surface area contributed by atoms with Crippen LogP contribution in [0.5, 0.6) is 5.75 Å². The summed E-state index contributed by atoms with van der Waals surface area (Å²) in [6.07, 6.45) is -0.108. The third-order valence-electron chi connectivity index (χ3n) is 5.72. The molecule has 1 atom stereocenters. The van der Waals surface area contributed by atoms with E-state index >= 15 is 0 Å². The van der Waals surface area contributed by atoms with Gasteiger partial charge >= 0.3 is 0 Å². The van der Waals surface area contributed by atoms with E-state index in [2.05, 4.69) is 5.32 Å². The molecule has 2 heterocycles. The Morgan fingerprint density at radius 3 is 2.48 bits per heavy atom. The number of aliphatic hydroxyl groups is 1. The highest BCUT2D eigenvalue weighted by Crippen LogP contribution is 2.44. The molecule has 0 aliphatic carbocycles. The lowest BCUT2D eigenvalue weighted by Crippen LogP contribution is -2.49. The SMILES string of the molecule is COc1ccc(C(O)C(=O)N2CCC3(CC2)C(=O)Nc2ccccc23)cc1. The lowest BCUT2D eigenvalue weighted by molar-refractivity contribution is -0.143. The van der Waals surface area contributed by atoms with Crippen LogP contribution >= 0.6 is 0 Å². The number of para-hydroxylation sites is 1. The van der Waals surface area contributed by atoms with Crippen LogP contribution in [0, 0.1) is 0 Å². The molecule has 2 aliphatic rings. The predicted octanol–water partition coefficient (Wildman–Crippen LogP) is 2.24. The molecule has 0 bridgehead atoms. The molecule has 6 nitrogen and oxygen atoms in total. The van der Waals surface area contributed by atoms with Gasteiger partial charge in [-0.2, -0.15) is 0 Å². The number of carbonyl (C=O) groups is 2. The number of amides is 2. The van der Waals surface area contributed by atoms with Crippen LogP contribution in [0.4, 0.5) is 5.69 Å². The molecule has 4 rings (SSSR count). The fourth-order valence-electron chi connectivity index (χ4n) is 4.08. The Balaban J connectivity index is 1.47. The number of likely N-dealkylation sites (tertiary alicyclic amines) is 1. The molecule has 0 aromatic heterocycles. The second-order valence-corrected chi connectivity index (χ2v) is 7.08. The van der Waals surface area contributed by atoms with Crippen LogP contribution in [0.3, 0.4) is 0 Å². The smallest absolute Gasteiger partial charge is 0.256 e. The molecule has 0 radical (unpaired) electrons. The zero-order chi connectivity index (χ0) is 19.0. The minimum Gasteiger partial charge on any atom is -0.497 e. The standard InChI is InChI=1S/C21H22N2O4/c1-27-15-8-6-14(7-9-15)18(24)19(25)23-12-10-21(11-13-23)16-4-2-3-5-17(16)22-20(21)26/h2-9,18,24H,10-13H2,1H3,(H,22,26). The van der Waals surface area contributed by atoms with Gasteiger partial charge in [-0.15, -0.1) is 0 Å². The monoisotopic (exact) mass is 366 g/mol. The Morgan fingerprint density at radius 1 is 1.15 bits per heavy atom. The summed E-state index contributed by atoms with van der Waals surface area (Å²) in [5.74, 6) is 0.345. The first-order valence-electron chi connectivity index (χ1n) is 9.07. The Morgan fingerprint density at radius 2 is 1.81 bits per heavy atom. The normalized spacial score (nSPS) is 18.7. The maximum absolute atomic E-state index is 12.7. The summed E-state index contributed by atoms with van der Waals surface area (Å²) >= 11 is 0. The van der Waals surface area contributed by atoms with Crippen molar-refractivity contribution in [3.8, 4) is 5.75 Å². The number of hydrogen-bond acceptors (Lipinski definition) is 4. The van der Waals surface area contributed by atoms with Crippen LogP contribution in [0.25, 0.3) is 0 Å². The second-order valence-electron chi connectivity index (χ2n) is 7.08. The van der Waals surface area contributed by atoms with Gasteiger partial charge in [-0.05, 0) is 42.2 Å². The lowest BCUT2D eigenvalue weighted by Gasteiger charge is -2.38. The van der Waals surface area contributed by atoms with E-state index in [9.17, 15) is 14.7 Å². The Hall–Kier alpha value is -2.86. The predicted molar refractivity (Wildman–Crippen MR) is 101 cm³/mol. The van der Waals surface area contributed by atoms with Crippen LogP contribution < -0.4 is 10.1 Å². The number of hydrogen-bond donors (Lipinski definition) is 2. The van der Waals surface area contributed by atoms with E-state index in [4.69, 9.17) is 4.74 Å². The molecule has 1 spiro atoms. The highest BCUT2D eigenvalue weighted by atomic mass is 16.5. The molecule has 2 aromatic rings. The summed E-state index contributed by atoms with van der Waals surface area (Å²) in [7, 11) is 1.57. The molecule has 1 saturated heterocycles. The maximum Gasteiger partial charge on any atom is 0.256 e. The number of aliphatic hydroxyl groups excluding tert-OH is 1. The van der Waals surface area contributed by atoms with Crippen LogP contribution in [-0.2, 0) is 15.0 Å². The average molecular weight is 366 g/mol. The summed E-state index contributed by atoms with van der Waals surface area (Å²) in [5, 5.41) is 13.4. The highest BCUT2D eigenvalue weighted by Gasteiger charge is 2.49. The van der Waals surface area contributed by atoms with E-state index in [-0.39, 0.29) is 11.8 Å². The number of methoxy groups -OCH3 is 1. The van der Waals surface area contributed by atoms with E-state index < -0.39 is 11.5 Å². The van der Waals surface area contributed by atoms with Gasteiger partial charge in [0.05, 0.1) is 12.5 Å². The molecule has 2 amide bonds. The van der Waals surface area contributed by atoms with Gasteiger partial charge in [-0.3, -0.25) is 9.59 Å². The number of benzene rings is 2. The Bertz CT molecular complexity index is 870. The van der Waals surface area contributed by atoms with Gasteiger partial charge in [0.15, 0.2) is 6.10 Å². The number of ether oxygens (including phenoxy) is 1. The summed E-state index contributed by atoms with van der Waals surface area (Å²) in [5.41, 5.74) is 1.83. The summed E-state index contributed by atoms with van der Waals surface area (Å²) < 4.78 is 5.10. The van der Waals surface area contributed by atoms with E-state index in [1.54, 1.807) is 36.3 Å². The number of nitrogens with zero attached hydrogens (tertiary/aromatic N) is 1. The number of anilines is 1. The molecule has 6 heteroatoms. The summed E-state index contributed by atoms with van der Waals surface area (Å²) in [6, 6.07) is 14.5. The van der Waals surface area contributed by atoms with Crippen LogP contribution in [0.1, 0.15) is 30.1 Å². The quantitative estimate of drug-likeness (QED) is 0.873. The molecule has 2 aromatic carbocycles. The largest absolute Gasteiger partial charge is 0.497 e. The fourth-order valence-corrected chi connectivity index (χ4v) is 4.08. The molecular weight excluding hydrogens is 344 g/mol. The topological polar surface area (TPSA) is 78.9 Å². The van der Waals surface area contributed by atoms with Crippen LogP contribution in [0.15, 0.2) is 48.5 Å². The minimum atomic E-state index is -1.21. The second kappa shape index (κ2) is 6.70. The van der Waals surface area contributed by atoms with Crippen molar-refractivity contribution < 1.29 is 19.4 Å². The van der Waals surface area contributed by atoms with Crippen molar-refractivity contribution in [3.63, 3.8) is 0 Å². The van der Waals surface area contributed by atoms with E-state index in [0.29, 0.717) is 37.2 Å².